The van der Waals surface area contributed by atoms with E-state index in [9.17, 15) is 18.0 Å². The number of rotatable bonds is 9. The summed E-state index contributed by atoms with van der Waals surface area (Å²) in [4.78, 5) is 24.3. The van der Waals surface area contributed by atoms with Crippen LogP contribution in [0, 0.1) is 0 Å². The first-order valence-electron chi connectivity index (χ1n) is 9.31. The van der Waals surface area contributed by atoms with E-state index in [1.807, 2.05) is 6.07 Å². The van der Waals surface area contributed by atoms with Gasteiger partial charge in [0.25, 0.3) is 5.91 Å². The minimum absolute atomic E-state index is 0.199. The highest BCUT2D eigenvalue weighted by Crippen LogP contribution is 2.17. The molecule has 1 aromatic heterocycles. The van der Waals surface area contributed by atoms with Crippen molar-refractivity contribution in [1.82, 2.24) is 15.5 Å². The number of aromatic nitrogens is 2. The van der Waals surface area contributed by atoms with Crippen LogP contribution in [0.3, 0.4) is 0 Å². The minimum atomic E-state index is -3.66. The maximum Gasteiger partial charge on any atom is 0.251 e. The quantitative estimate of drug-likeness (QED) is 0.416. The Labute approximate surface area is 202 Å². The SMILES string of the molecule is O=C(CS(=O)(=O)Cc1ccc(Cl)cc1)Nc1nnc(CCNC(=O)c2cccc(Br)c2)s1. The summed E-state index contributed by atoms with van der Waals surface area (Å²) in [5.41, 5.74) is 1.08. The molecule has 168 valence electrons. The van der Waals surface area contributed by atoms with Crippen molar-refractivity contribution in [2.75, 3.05) is 17.6 Å². The summed E-state index contributed by atoms with van der Waals surface area (Å²) in [6.45, 7) is 0.337. The molecule has 0 unspecified atom stereocenters. The molecule has 0 radical (unpaired) electrons. The molecular formula is C20H18BrClN4O4S2. The molecule has 0 aliphatic rings. The molecule has 0 bridgehead atoms. The summed E-state index contributed by atoms with van der Waals surface area (Å²) < 4.78 is 25.3. The number of carbonyl (C=O) groups excluding carboxylic acids is 2. The largest absolute Gasteiger partial charge is 0.352 e. The van der Waals surface area contributed by atoms with Crippen LogP contribution in [-0.4, -0.2) is 42.7 Å². The van der Waals surface area contributed by atoms with Crippen LogP contribution in [0.1, 0.15) is 20.9 Å². The van der Waals surface area contributed by atoms with Gasteiger partial charge in [-0.15, -0.1) is 10.2 Å². The van der Waals surface area contributed by atoms with E-state index in [0.717, 1.165) is 15.8 Å². The molecule has 1 heterocycles. The zero-order valence-corrected chi connectivity index (χ0v) is 20.5. The number of carbonyl (C=O) groups is 2. The highest BCUT2D eigenvalue weighted by Gasteiger charge is 2.19. The summed E-state index contributed by atoms with van der Waals surface area (Å²) in [5, 5.41) is 14.4. The second-order valence-corrected chi connectivity index (χ2v) is 11.2. The molecule has 2 N–H and O–H groups in total. The average Bonchev–Trinajstić information content (AvgIpc) is 3.16. The van der Waals surface area contributed by atoms with Gasteiger partial charge in [-0.05, 0) is 35.9 Å². The Morgan fingerprint density at radius 2 is 1.84 bits per heavy atom. The number of sulfone groups is 1. The molecule has 2 amide bonds. The van der Waals surface area contributed by atoms with Gasteiger partial charge in [0.05, 0.1) is 5.75 Å². The lowest BCUT2D eigenvalue weighted by molar-refractivity contribution is -0.113. The normalized spacial score (nSPS) is 11.2. The van der Waals surface area contributed by atoms with E-state index in [2.05, 4.69) is 36.8 Å². The van der Waals surface area contributed by atoms with E-state index in [-0.39, 0.29) is 16.8 Å². The molecule has 32 heavy (non-hydrogen) atoms. The summed E-state index contributed by atoms with van der Waals surface area (Å²) >= 11 is 10.2. The fourth-order valence-corrected chi connectivity index (χ4v) is 5.22. The minimum Gasteiger partial charge on any atom is -0.352 e. The Kier molecular flexibility index (Phi) is 8.35. The van der Waals surface area contributed by atoms with E-state index in [1.54, 1.807) is 42.5 Å². The molecule has 0 aliphatic heterocycles. The second kappa shape index (κ2) is 11.0. The van der Waals surface area contributed by atoms with E-state index < -0.39 is 21.5 Å². The van der Waals surface area contributed by atoms with Crippen molar-refractivity contribution in [1.29, 1.82) is 0 Å². The van der Waals surface area contributed by atoms with Crippen LogP contribution in [0.5, 0.6) is 0 Å². The molecule has 2 aromatic carbocycles. The lowest BCUT2D eigenvalue weighted by Crippen LogP contribution is -2.25. The molecule has 0 saturated carbocycles. The van der Waals surface area contributed by atoms with Crippen molar-refractivity contribution in [3.8, 4) is 0 Å². The van der Waals surface area contributed by atoms with Crippen molar-refractivity contribution in [2.24, 2.45) is 0 Å². The molecule has 0 aliphatic carbocycles. The number of hydrogen-bond acceptors (Lipinski definition) is 7. The lowest BCUT2D eigenvalue weighted by atomic mass is 10.2. The van der Waals surface area contributed by atoms with Crippen LogP contribution in [0.25, 0.3) is 0 Å². The van der Waals surface area contributed by atoms with Crippen LogP contribution in [0.2, 0.25) is 5.02 Å². The number of nitrogens with zero attached hydrogens (tertiary/aromatic N) is 2. The van der Waals surface area contributed by atoms with Crippen molar-refractivity contribution < 1.29 is 18.0 Å². The predicted octanol–water partition coefficient (Wildman–Crippen LogP) is 3.48. The van der Waals surface area contributed by atoms with Gasteiger partial charge in [-0.2, -0.15) is 0 Å². The molecule has 0 fully saturated rings. The standard InChI is InChI=1S/C20H18BrClN4O4S2/c21-15-3-1-2-14(10-15)19(28)23-9-8-18-25-26-20(31-18)24-17(27)12-32(29,30)11-13-4-6-16(22)7-5-13/h1-7,10H,8-9,11-12H2,(H,23,28)(H,24,26,27). The molecule has 8 nitrogen and oxygen atoms in total. The highest BCUT2D eigenvalue weighted by molar-refractivity contribution is 9.10. The number of amides is 2. The van der Waals surface area contributed by atoms with Crippen molar-refractivity contribution in [3.63, 3.8) is 0 Å². The third kappa shape index (κ3) is 7.66. The molecule has 3 aromatic rings. The molecule has 12 heteroatoms. The van der Waals surface area contributed by atoms with Crippen LogP contribution in [-0.2, 0) is 26.8 Å². The Morgan fingerprint density at radius 1 is 1.09 bits per heavy atom. The Bertz CT molecular complexity index is 1220. The van der Waals surface area contributed by atoms with Crippen molar-refractivity contribution >= 4 is 65.7 Å². The summed E-state index contributed by atoms with van der Waals surface area (Å²) in [6, 6.07) is 13.4. The first-order chi connectivity index (χ1) is 15.2. The van der Waals surface area contributed by atoms with Gasteiger partial charge < -0.3 is 5.32 Å². The number of nitrogens with one attached hydrogen (secondary N) is 2. The van der Waals surface area contributed by atoms with Gasteiger partial charge in [0.15, 0.2) is 9.84 Å². The number of benzene rings is 2. The Hall–Kier alpha value is -2.34. The number of anilines is 1. The molecule has 0 spiro atoms. The number of hydrogen-bond donors (Lipinski definition) is 2. The van der Waals surface area contributed by atoms with Gasteiger partial charge >= 0.3 is 0 Å². The van der Waals surface area contributed by atoms with Crippen molar-refractivity contribution in [3.05, 3.63) is 74.2 Å². The topological polar surface area (TPSA) is 118 Å². The Balaban J connectivity index is 1.46. The van der Waals surface area contributed by atoms with Gasteiger partial charge in [0.2, 0.25) is 11.0 Å². The van der Waals surface area contributed by atoms with Gasteiger partial charge in [-0.3, -0.25) is 14.9 Å². The monoisotopic (exact) mass is 556 g/mol. The highest BCUT2D eigenvalue weighted by atomic mass is 79.9. The fourth-order valence-electron chi connectivity index (χ4n) is 2.66. The van der Waals surface area contributed by atoms with E-state index >= 15 is 0 Å². The summed E-state index contributed by atoms with van der Waals surface area (Å²) in [7, 11) is -3.66. The van der Waals surface area contributed by atoms with E-state index in [0.29, 0.717) is 34.1 Å². The second-order valence-electron chi connectivity index (χ2n) is 6.72. The number of halogens is 2. The van der Waals surface area contributed by atoms with Gasteiger partial charge in [0, 0.05) is 28.0 Å². The van der Waals surface area contributed by atoms with Gasteiger partial charge in [0.1, 0.15) is 10.8 Å². The fraction of sp³-hybridized carbons (Fsp3) is 0.200. The molecule has 0 saturated heterocycles. The van der Waals surface area contributed by atoms with Crippen molar-refractivity contribution in [2.45, 2.75) is 12.2 Å². The summed E-state index contributed by atoms with van der Waals surface area (Å²) in [5.74, 6) is -1.84. The first kappa shape index (κ1) is 24.3. The molecule has 3 rings (SSSR count). The van der Waals surface area contributed by atoms with Crippen LogP contribution >= 0.6 is 38.9 Å². The average molecular weight is 558 g/mol. The lowest BCUT2D eigenvalue weighted by Gasteiger charge is -2.05. The smallest absolute Gasteiger partial charge is 0.251 e. The summed E-state index contributed by atoms with van der Waals surface area (Å²) in [6.07, 6.45) is 0.419. The Morgan fingerprint density at radius 3 is 2.56 bits per heavy atom. The van der Waals surface area contributed by atoms with Gasteiger partial charge in [-0.1, -0.05) is 57.1 Å². The third-order valence-corrected chi connectivity index (χ3v) is 7.19. The third-order valence-electron chi connectivity index (χ3n) is 4.08. The first-order valence-corrected chi connectivity index (χ1v) is 13.1. The zero-order chi connectivity index (χ0) is 23.1. The molecule has 0 atom stereocenters. The van der Waals surface area contributed by atoms with Gasteiger partial charge in [-0.25, -0.2) is 8.42 Å². The maximum atomic E-state index is 12.3. The van der Waals surface area contributed by atoms with Crippen LogP contribution in [0.4, 0.5) is 5.13 Å². The molecular weight excluding hydrogens is 540 g/mol. The van der Waals surface area contributed by atoms with E-state index in [4.69, 9.17) is 11.6 Å². The predicted molar refractivity (Wildman–Crippen MR) is 128 cm³/mol. The maximum absolute atomic E-state index is 12.3. The zero-order valence-electron chi connectivity index (χ0n) is 16.5. The van der Waals surface area contributed by atoms with E-state index in [1.165, 1.54) is 0 Å². The van der Waals surface area contributed by atoms with Crippen LogP contribution < -0.4 is 10.6 Å². The van der Waals surface area contributed by atoms with Crippen LogP contribution in [0.15, 0.2) is 53.0 Å².